The molecule has 2 amide bonds. The standard InChI is InChI=1S/C26H36N2O3/c1-6-7-15-27-26(30)21(5)28(17-22-12-10-11-20(4)16-22)25(29)18-31-24-14-9-8-13-23(24)19(2)3/h8-14,16,19,21H,6-7,15,17-18H2,1-5H3,(H,27,30)/t21-/m1/s1. The first-order valence-corrected chi connectivity index (χ1v) is 11.2. The molecule has 0 fully saturated rings. The highest BCUT2D eigenvalue weighted by Crippen LogP contribution is 2.26. The molecule has 1 N–H and O–H groups in total. The largest absolute Gasteiger partial charge is 0.483 e. The van der Waals surface area contributed by atoms with E-state index in [1.807, 2.05) is 55.5 Å². The van der Waals surface area contributed by atoms with Crippen molar-refractivity contribution in [1.29, 1.82) is 0 Å². The maximum atomic E-state index is 13.2. The van der Waals surface area contributed by atoms with Crippen molar-refractivity contribution in [3.05, 3.63) is 65.2 Å². The number of benzene rings is 2. The molecule has 0 spiro atoms. The van der Waals surface area contributed by atoms with Gasteiger partial charge in [-0.15, -0.1) is 0 Å². The van der Waals surface area contributed by atoms with Crippen LogP contribution in [0.15, 0.2) is 48.5 Å². The van der Waals surface area contributed by atoms with Crippen molar-refractivity contribution in [3.63, 3.8) is 0 Å². The highest BCUT2D eigenvalue weighted by Gasteiger charge is 2.26. The number of para-hydroxylation sites is 1. The molecule has 5 nitrogen and oxygen atoms in total. The molecule has 1 atom stereocenters. The summed E-state index contributed by atoms with van der Waals surface area (Å²) < 4.78 is 5.91. The minimum atomic E-state index is -0.589. The number of nitrogens with one attached hydrogen (secondary N) is 1. The SMILES string of the molecule is CCCCNC(=O)[C@@H](C)N(Cc1cccc(C)c1)C(=O)COc1ccccc1C(C)C. The Kier molecular flexibility index (Phi) is 9.57. The molecular weight excluding hydrogens is 388 g/mol. The third kappa shape index (κ3) is 7.42. The second-order valence-electron chi connectivity index (χ2n) is 8.31. The Hall–Kier alpha value is -2.82. The summed E-state index contributed by atoms with van der Waals surface area (Å²) in [6.45, 7) is 10.9. The number of hydrogen-bond acceptors (Lipinski definition) is 3. The number of nitrogens with zero attached hydrogens (tertiary/aromatic N) is 1. The van der Waals surface area contributed by atoms with Gasteiger partial charge in [0.25, 0.3) is 5.91 Å². The minimum absolute atomic E-state index is 0.109. The second kappa shape index (κ2) is 12.1. The smallest absolute Gasteiger partial charge is 0.261 e. The molecule has 0 saturated heterocycles. The number of carbonyl (C=O) groups excluding carboxylic acids is 2. The number of ether oxygens (including phenoxy) is 1. The third-order valence-corrected chi connectivity index (χ3v) is 5.32. The van der Waals surface area contributed by atoms with Crippen molar-refractivity contribution in [2.45, 2.75) is 66.0 Å². The summed E-state index contributed by atoms with van der Waals surface area (Å²) >= 11 is 0. The summed E-state index contributed by atoms with van der Waals surface area (Å²) in [7, 11) is 0. The molecule has 31 heavy (non-hydrogen) atoms. The lowest BCUT2D eigenvalue weighted by molar-refractivity contribution is -0.142. The van der Waals surface area contributed by atoms with Crippen LogP contribution in [-0.4, -0.2) is 35.9 Å². The van der Waals surface area contributed by atoms with Crippen LogP contribution in [0.25, 0.3) is 0 Å². The fraction of sp³-hybridized carbons (Fsp3) is 0.462. The topological polar surface area (TPSA) is 58.6 Å². The minimum Gasteiger partial charge on any atom is -0.483 e. The van der Waals surface area contributed by atoms with Gasteiger partial charge in [-0.3, -0.25) is 9.59 Å². The average molecular weight is 425 g/mol. The van der Waals surface area contributed by atoms with Crippen LogP contribution < -0.4 is 10.1 Å². The maximum absolute atomic E-state index is 13.2. The van der Waals surface area contributed by atoms with E-state index in [1.54, 1.807) is 11.8 Å². The lowest BCUT2D eigenvalue weighted by Crippen LogP contribution is -2.49. The molecule has 2 rings (SSSR count). The van der Waals surface area contributed by atoms with Crippen LogP contribution in [0.1, 0.15) is 63.1 Å². The van der Waals surface area contributed by atoms with E-state index in [0.29, 0.717) is 18.8 Å². The van der Waals surface area contributed by atoms with Crippen molar-refractivity contribution in [2.24, 2.45) is 0 Å². The van der Waals surface area contributed by atoms with E-state index in [0.717, 1.165) is 29.5 Å². The number of aryl methyl sites for hydroxylation is 1. The summed E-state index contributed by atoms with van der Waals surface area (Å²) in [5.41, 5.74) is 3.17. The van der Waals surface area contributed by atoms with E-state index in [4.69, 9.17) is 4.74 Å². The van der Waals surface area contributed by atoms with Gasteiger partial charge in [0.2, 0.25) is 5.91 Å². The van der Waals surface area contributed by atoms with Gasteiger partial charge in [0.05, 0.1) is 0 Å². The summed E-state index contributed by atoms with van der Waals surface area (Å²) in [5.74, 6) is 0.648. The Bertz CT molecular complexity index is 863. The highest BCUT2D eigenvalue weighted by molar-refractivity contribution is 5.88. The van der Waals surface area contributed by atoms with Gasteiger partial charge in [-0.25, -0.2) is 0 Å². The zero-order valence-corrected chi connectivity index (χ0v) is 19.5. The van der Waals surface area contributed by atoms with E-state index in [1.165, 1.54) is 0 Å². The van der Waals surface area contributed by atoms with Crippen LogP contribution in [0.5, 0.6) is 5.75 Å². The van der Waals surface area contributed by atoms with E-state index >= 15 is 0 Å². The van der Waals surface area contributed by atoms with Crippen LogP contribution in [0.3, 0.4) is 0 Å². The number of amides is 2. The van der Waals surface area contributed by atoms with Crippen molar-refractivity contribution in [3.8, 4) is 5.75 Å². The van der Waals surface area contributed by atoms with Crippen molar-refractivity contribution in [1.82, 2.24) is 10.2 Å². The predicted octanol–water partition coefficient (Wildman–Crippen LogP) is 4.83. The van der Waals surface area contributed by atoms with Gasteiger partial charge < -0.3 is 15.0 Å². The first kappa shape index (κ1) is 24.4. The van der Waals surface area contributed by atoms with Crippen molar-refractivity contribution >= 4 is 11.8 Å². The first-order chi connectivity index (χ1) is 14.8. The fourth-order valence-corrected chi connectivity index (χ4v) is 3.44. The van der Waals surface area contributed by atoms with E-state index in [9.17, 15) is 9.59 Å². The molecule has 168 valence electrons. The number of carbonyl (C=O) groups is 2. The van der Waals surface area contributed by atoms with Gasteiger partial charge in [-0.1, -0.05) is 75.2 Å². The predicted molar refractivity (Wildman–Crippen MR) is 125 cm³/mol. The average Bonchev–Trinajstić information content (AvgIpc) is 2.75. The van der Waals surface area contributed by atoms with Crippen molar-refractivity contribution < 1.29 is 14.3 Å². The molecule has 2 aromatic carbocycles. The fourth-order valence-electron chi connectivity index (χ4n) is 3.44. The van der Waals surface area contributed by atoms with Crippen LogP contribution in [0.4, 0.5) is 0 Å². The molecule has 0 saturated carbocycles. The molecule has 0 aliphatic carbocycles. The molecule has 0 aliphatic heterocycles. The van der Waals surface area contributed by atoms with Gasteiger partial charge in [-0.05, 0) is 43.4 Å². The zero-order chi connectivity index (χ0) is 22.8. The van der Waals surface area contributed by atoms with E-state index in [-0.39, 0.29) is 24.3 Å². The van der Waals surface area contributed by atoms with Gasteiger partial charge in [-0.2, -0.15) is 0 Å². The zero-order valence-electron chi connectivity index (χ0n) is 19.5. The molecule has 0 heterocycles. The number of hydrogen-bond donors (Lipinski definition) is 1. The number of rotatable bonds is 11. The first-order valence-electron chi connectivity index (χ1n) is 11.2. The van der Waals surface area contributed by atoms with Gasteiger partial charge in [0.1, 0.15) is 11.8 Å². The molecule has 0 radical (unpaired) electrons. The van der Waals surface area contributed by atoms with E-state index in [2.05, 4.69) is 26.1 Å². The Labute approximate surface area is 186 Å². The van der Waals surface area contributed by atoms with Gasteiger partial charge in [0, 0.05) is 13.1 Å². The van der Waals surface area contributed by atoms with Gasteiger partial charge >= 0.3 is 0 Å². The lowest BCUT2D eigenvalue weighted by Gasteiger charge is -2.29. The molecule has 0 unspecified atom stereocenters. The molecule has 0 bridgehead atoms. The maximum Gasteiger partial charge on any atom is 0.261 e. The Morgan fingerprint density at radius 2 is 1.81 bits per heavy atom. The normalized spacial score (nSPS) is 11.8. The monoisotopic (exact) mass is 424 g/mol. The summed E-state index contributed by atoms with van der Waals surface area (Å²) in [4.78, 5) is 27.5. The lowest BCUT2D eigenvalue weighted by atomic mass is 10.0. The number of unbranched alkanes of at least 4 members (excludes halogenated alkanes) is 1. The third-order valence-electron chi connectivity index (χ3n) is 5.32. The summed E-state index contributed by atoms with van der Waals surface area (Å²) in [5, 5.41) is 2.94. The molecule has 0 aliphatic rings. The van der Waals surface area contributed by atoms with Crippen LogP contribution in [0, 0.1) is 6.92 Å². The van der Waals surface area contributed by atoms with Crippen LogP contribution in [-0.2, 0) is 16.1 Å². The summed E-state index contributed by atoms with van der Waals surface area (Å²) in [6.07, 6.45) is 1.92. The summed E-state index contributed by atoms with van der Waals surface area (Å²) in [6, 6.07) is 15.2. The van der Waals surface area contributed by atoms with E-state index < -0.39 is 6.04 Å². The Morgan fingerprint density at radius 1 is 1.06 bits per heavy atom. The molecule has 5 heteroatoms. The molecule has 2 aromatic rings. The highest BCUT2D eigenvalue weighted by atomic mass is 16.5. The Balaban J connectivity index is 2.16. The van der Waals surface area contributed by atoms with Crippen LogP contribution in [0.2, 0.25) is 0 Å². The Morgan fingerprint density at radius 3 is 2.48 bits per heavy atom. The quantitative estimate of drug-likeness (QED) is 0.526. The van der Waals surface area contributed by atoms with Gasteiger partial charge in [0.15, 0.2) is 6.61 Å². The molecule has 0 aromatic heterocycles. The second-order valence-corrected chi connectivity index (χ2v) is 8.31. The van der Waals surface area contributed by atoms with Crippen LogP contribution >= 0.6 is 0 Å². The van der Waals surface area contributed by atoms with Crippen molar-refractivity contribution in [2.75, 3.05) is 13.2 Å². The molecular formula is C26H36N2O3.